The lowest BCUT2D eigenvalue weighted by Crippen LogP contribution is -2.23. The van der Waals surface area contributed by atoms with Crippen molar-refractivity contribution in [2.24, 2.45) is 7.05 Å². The number of nitrogens with one attached hydrogen (secondary N) is 2. The standard InChI is InChI=1S/C22H19BrFN5O2/c1-3-25-21(30)19-12-15(8-9-26-19)31-14-5-7-20-18(11-14)28-22(29(20)2)27-13-4-6-16(23)17(24)10-13/h4-12H,3H2,1-2H3,(H,25,30)(H,27,28). The van der Waals surface area contributed by atoms with Crippen molar-refractivity contribution in [3.05, 3.63) is 70.7 Å². The molecule has 31 heavy (non-hydrogen) atoms. The minimum absolute atomic E-state index is 0.256. The largest absolute Gasteiger partial charge is 0.457 e. The lowest BCUT2D eigenvalue weighted by molar-refractivity contribution is 0.0950. The number of hydrogen-bond acceptors (Lipinski definition) is 5. The van der Waals surface area contributed by atoms with Crippen molar-refractivity contribution in [3.63, 3.8) is 0 Å². The summed E-state index contributed by atoms with van der Waals surface area (Å²) in [5.41, 5.74) is 2.46. The Kier molecular flexibility index (Phi) is 5.85. The van der Waals surface area contributed by atoms with Gasteiger partial charge in [-0.15, -0.1) is 0 Å². The van der Waals surface area contributed by atoms with Gasteiger partial charge in [-0.2, -0.15) is 0 Å². The van der Waals surface area contributed by atoms with Gasteiger partial charge in [0.15, 0.2) is 0 Å². The highest BCUT2D eigenvalue weighted by molar-refractivity contribution is 9.10. The Hall–Kier alpha value is -3.46. The molecule has 0 fully saturated rings. The number of anilines is 2. The Labute approximate surface area is 186 Å². The van der Waals surface area contributed by atoms with E-state index in [1.165, 1.54) is 12.3 Å². The van der Waals surface area contributed by atoms with Crippen molar-refractivity contribution in [1.29, 1.82) is 0 Å². The quantitative estimate of drug-likeness (QED) is 0.396. The average Bonchev–Trinajstić information content (AvgIpc) is 3.06. The molecule has 1 amide bonds. The van der Waals surface area contributed by atoms with Crippen LogP contribution in [0.15, 0.2) is 59.2 Å². The van der Waals surface area contributed by atoms with E-state index in [9.17, 15) is 9.18 Å². The highest BCUT2D eigenvalue weighted by Gasteiger charge is 2.12. The molecule has 9 heteroatoms. The minimum Gasteiger partial charge on any atom is -0.457 e. The SMILES string of the molecule is CCNC(=O)c1cc(Oc2ccc3c(c2)nc(Nc2ccc(Br)c(F)c2)n3C)ccn1. The van der Waals surface area contributed by atoms with Crippen LogP contribution in [-0.4, -0.2) is 27.0 Å². The Morgan fingerprint density at radius 3 is 2.74 bits per heavy atom. The zero-order valence-electron chi connectivity index (χ0n) is 16.8. The van der Waals surface area contributed by atoms with Crippen LogP contribution >= 0.6 is 15.9 Å². The summed E-state index contributed by atoms with van der Waals surface area (Å²) in [4.78, 5) is 20.6. The molecule has 0 saturated carbocycles. The maximum Gasteiger partial charge on any atom is 0.270 e. The van der Waals surface area contributed by atoms with Gasteiger partial charge in [0.25, 0.3) is 5.91 Å². The number of fused-ring (bicyclic) bond motifs is 1. The maximum atomic E-state index is 13.8. The number of imidazole rings is 1. The number of carbonyl (C=O) groups is 1. The van der Waals surface area contributed by atoms with Gasteiger partial charge in [-0.3, -0.25) is 9.78 Å². The molecule has 4 rings (SSSR count). The smallest absolute Gasteiger partial charge is 0.270 e. The third-order valence-electron chi connectivity index (χ3n) is 4.57. The molecule has 0 radical (unpaired) electrons. The second-order valence-corrected chi connectivity index (χ2v) is 7.59. The van der Waals surface area contributed by atoms with Gasteiger partial charge in [0.05, 0.1) is 15.5 Å². The first-order valence-corrected chi connectivity index (χ1v) is 10.3. The lowest BCUT2D eigenvalue weighted by atomic mass is 10.3. The molecule has 0 atom stereocenters. The zero-order valence-corrected chi connectivity index (χ0v) is 18.4. The van der Waals surface area contributed by atoms with Crippen molar-refractivity contribution < 1.29 is 13.9 Å². The molecule has 0 unspecified atom stereocenters. The first-order chi connectivity index (χ1) is 14.9. The second kappa shape index (κ2) is 8.73. The van der Waals surface area contributed by atoms with E-state index in [1.807, 2.05) is 30.7 Å². The van der Waals surface area contributed by atoms with Crippen molar-refractivity contribution >= 4 is 44.5 Å². The second-order valence-electron chi connectivity index (χ2n) is 6.74. The number of aryl methyl sites for hydroxylation is 1. The fraction of sp³-hybridized carbons (Fsp3) is 0.136. The van der Waals surface area contributed by atoms with E-state index in [4.69, 9.17) is 4.74 Å². The summed E-state index contributed by atoms with van der Waals surface area (Å²) in [7, 11) is 1.87. The molecule has 0 spiro atoms. The van der Waals surface area contributed by atoms with Crippen LogP contribution in [0.1, 0.15) is 17.4 Å². The predicted octanol–water partition coefficient (Wildman–Crippen LogP) is 5.16. The molecule has 4 aromatic rings. The Balaban J connectivity index is 1.58. The average molecular weight is 484 g/mol. The van der Waals surface area contributed by atoms with Gasteiger partial charge in [0.2, 0.25) is 5.95 Å². The van der Waals surface area contributed by atoms with Gasteiger partial charge >= 0.3 is 0 Å². The summed E-state index contributed by atoms with van der Waals surface area (Å²) in [6.45, 7) is 2.36. The van der Waals surface area contributed by atoms with Crippen LogP contribution in [0.2, 0.25) is 0 Å². The lowest BCUT2D eigenvalue weighted by Gasteiger charge is -2.08. The summed E-state index contributed by atoms with van der Waals surface area (Å²) in [5.74, 6) is 1.02. The molecule has 2 N–H and O–H groups in total. The van der Waals surface area contributed by atoms with Crippen LogP contribution in [0, 0.1) is 5.82 Å². The van der Waals surface area contributed by atoms with Crippen molar-refractivity contribution in [3.8, 4) is 11.5 Å². The number of ether oxygens (including phenoxy) is 1. The van der Waals surface area contributed by atoms with Crippen LogP contribution in [0.4, 0.5) is 16.0 Å². The summed E-state index contributed by atoms with van der Waals surface area (Å²) in [6, 6.07) is 13.6. The number of rotatable bonds is 6. The van der Waals surface area contributed by atoms with Crippen LogP contribution < -0.4 is 15.4 Å². The Morgan fingerprint density at radius 1 is 1.16 bits per heavy atom. The molecule has 2 heterocycles. The van der Waals surface area contributed by atoms with Crippen LogP contribution in [-0.2, 0) is 7.05 Å². The molecule has 0 aliphatic rings. The van der Waals surface area contributed by atoms with Gasteiger partial charge in [-0.05, 0) is 59.3 Å². The summed E-state index contributed by atoms with van der Waals surface area (Å²) in [5, 5.41) is 5.84. The normalized spacial score (nSPS) is 10.8. The van der Waals surface area contributed by atoms with Gasteiger partial charge in [0.1, 0.15) is 23.0 Å². The highest BCUT2D eigenvalue weighted by atomic mass is 79.9. The monoisotopic (exact) mass is 483 g/mol. The molecule has 0 aliphatic carbocycles. The van der Waals surface area contributed by atoms with Gasteiger partial charge in [0, 0.05) is 37.6 Å². The van der Waals surface area contributed by atoms with E-state index in [2.05, 4.69) is 36.5 Å². The first kappa shape index (κ1) is 20.8. The molecule has 2 aromatic carbocycles. The first-order valence-electron chi connectivity index (χ1n) is 9.55. The topological polar surface area (TPSA) is 81.1 Å². The zero-order chi connectivity index (χ0) is 22.0. The molecule has 2 aromatic heterocycles. The summed E-state index contributed by atoms with van der Waals surface area (Å²) >= 11 is 3.15. The van der Waals surface area contributed by atoms with Crippen LogP contribution in [0.5, 0.6) is 11.5 Å². The van der Waals surface area contributed by atoms with Crippen LogP contribution in [0.25, 0.3) is 11.0 Å². The van der Waals surface area contributed by atoms with E-state index < -0.39 is 0 Å². The van der Waals surface area contributed by atoms with E-state index in [0.717, 1.165) is 5.52 Å². The highest BCUT2D eigenvalue weighted by Crippen LogP contribution is 2.29. The van der Waals surface area contributed by atoms with Crippen molar-refractivity contribution in [2.45, 2.75) is 6.92 Å². The third kappa shape index (κ3) is 4.51. The maximum absolute atomic E-state index is 13.8. The van der Waals surface area contributed by atoms with E-state index in [-0.39, 0.29) is 17.4 Å². The van der Waals surface area contributed by atoms with Crippen LogP contribution in [0.3, 0.4) is 0 Å². The van der Waals surface area contributed by atoms with Crippen molar-refractivity contribution in [1.82, 2.24) is 19.9 Å². The van der Waals surface area contributed by atoms with E-state index in [0.29, 0.717) is 39.7 Å². The molecule has 0 bridgehead atoms. The molecule has 158 valence electrons. The van der Waals surface area contributed by atoms with E-state index in [1.54, 1.807) is 30.3 Å². The minimum atomic E-state index is -0.358. The Bertz CT molecular complexity index is 1270. The fourth-order valence-electron chi connectivity index (χ4n) is 3.04. The summed E-state index contributed by atoms with van der Waals surface area (Å²) < 4.78 is 22.0. The Morgan fingerprint density at radius 2 is 1.97 bits per heavy atom. The number of halogens is 2. The molecule has 7 nitrogen and oxygen atoms in total. The third-order valence-corrected chi connectivity index (χ3v) is 5.21. The number of hydrogen-bond donors (Lipinski definition) is 2. The number of nitrogens with zero attached hydrogens (tertiary/aromatic N) is 3. The fourth-order valence-corrected chi connectivity index (χ4v) is 3.29. The number of carbonyl (C=O) groups excluding carboxylic acids is 1. The summed E-state index contributed by atoms with van der Waals surface area (Å²) in [6.07, 6.45) is 1.53. The molecule has 0 saturated heterocycles. The molecular formula is C22H19BrFN5O2. The molecular weight excluding hydrogens is 465 g/mol. The van der Waals surface area contributed by atoms with E-state index >= 15 is 0 Å². The van der Waals surface area contributed by atoms with Gasteiger partial charge in [-0.1, -0.05) is 0 Å². The van der Waals surface area contributed by atoms with Gasteiger partial charge in [-0.25, -0.2) is 9.37 Å². The molecule has 0 aliphatic heterocycles. The number of amides is 1. The predicted molar refractivity (Wildman–Crippen MR) is 120 cm³/mol. The number of aromatic nitrogens is 3. The number of benzene rings is 2. The number of pyridine rings is 1. The van der Waals surface area contributed by atoms with Crippen molar-refractivity contribution in [2.75, 3.05) is 11.9 Å². The van der Waals surface area contributed by atoms with Gasteiger partial charge < -0.3 is 19.9 Å².